The van der Waals surface area contributed by atoms with E-state index in [0.29, 0.717) is 17.3 Å². The van der Waals surface area contributed by atoms with Crippen molar-refractivity contribution in [2.75, 3.05) is 25.5 Å². The molecule has 0 aliphatic heterocycles. The summed E-state index contributed by atoms with van der Waals surface area (Å²) >= 11 is 5.92. The van der Waals surface area contributed by atoms with E-state index in [1.807, 2.05) is 19.1 Å². The minimum atomic E-state index is -0.124. The van der Waals surface area contributed by atoms with E-state index in [-0.39, 0.29) is 18.6 Å². The molecule has 1 amide bonds. The lowest BCUT2D eigenvalue weighted by molar-refractivity contribution is -0.115. The van der Waals surface area contributed by atoms with Crippen LogP contribution in [-0.2, 0) is 9.53 Å². The molecule has 1 unspecified atom stereocenters. The second-order valence-electron chi connectivity index (χ2n) is 3.71. The fraction of sp³-hybridized carbons (Fsp3) is 0.417. The number of rotatable bonds is 6. The van der Waals surface area contributed by atoms with Crippen LogP contribution in [0.15, 0.2) is 24.3 Å². The molecule has 0 radical (unpaired) electrons. The first-order valence-corrected chi connectivity index (χ1v) is 5.79. The molecule has 1 rings (SSSR count). The first-order valence-electron chi connectivity index (χ1n) is 5.41. The number of nitrogens with one attached hydrogen (secondary N) is 2. The first-order chi connectivity index (χ1) is 8.13. The smallest absolute Gasteiger partial charge is 0.238 e. The molecule has 0 spiro atoms. The molecule has 0 heterocycles. The second-order valence-corrected chi connectivity index (χ2v) is 4.11. The number of para-hydroxylation sites is 1. The Balaban J connectivity index is 2.33. The molecular formula is C12H17ClN2O2. The van der Waals surface area contributed by atoms with E-state index in [1.54, 1.807) is 19.2 Å². The summed E-state index contributed by atoms with van der Waals surface area (Å²) in [4.78, 5) is 11.6. The van der Waals surface area contributed by atoms with Crippen molar-refractivity contribution < 1.29 is 9.53 Å². The summed E-state index contributed by atoms with van der Waals surface area (Å²) in [5, 5.41) is 6.26. The minimum absolute atomic E-state index is 0.0862. The van der Waals surface area contributed by atoms with Crippen molar-refractivity contribution in [3.8, 4) is 0 Å². The van der Waals surface area contributed by atoms with Crippen molar-refractivity contribution in [1.29, 1.82) is 0 Å². The lowest BCUT2D eigenvalue weighted by Crippen LogP contribution is -2.33. The third-order valence-electron chi connectivity index (χ3n) is 2.27. The maximum atomic E-state index is 11.6. The summed E-state index contributed by atoms with van der Waals surface area (Å²) in [5.74, 6) is -0.124. The predicted octanol–water partition coefficient (Wildman–Crippen LogP) is 1.90. The number of carbonyl (C=O) groups is 1. The number of anilines is 1. The molecule has 0 aliphatic carbocycles. The Morgan fingerprint density at radius 1 is 1.47 bits per heavy atom. The molecule has 2 N–H and O–H groups in total. The zero-order valence-electron chi connectivity index (χ0n) is 10.00. The Morgan fingerprint density at radius 2 is 2.18 bits per heavy atom. The summed E-state index contributed by atoms with van der Waals surface area (Å²) in [5.41, 5.74) is 0.626. The maximum absolute atomic E-state index is 11.6. The zero-order chi connectivity index (χ0) is 12.7. The van der Waals surface area contributed by atoms with Gasteiger partial charge in [0.15, 0.2) is 0 Å². The number of methoxy groups -OCH3 is 1. The van der Waals surface area contributed by atoms with Gasteiger partial charge in [0, 0.05) is 13.7 Å². The van der Waals surface area contributed by atoms with Gasteiger partial charge in [-0.3, -0.25) is 4.79 Å². The van der Waals surface area contributed by atoms with E-state index in [1.165, 1.54) is 0 Å². The van der Waals surface area contributed by atoms with Crippen LogP contribution in [0.5, 0.6) is 0 Å². The average Bonchev–Trinajstić information content (AvgIpc) is 2.32. The Bertz CT molecular complexity index is 371. The lowest BCUT2D eigenvalue weighted by atomic mass is 10.3. The van der Waals surface area contributed by atoms with Crippen LogP contribution in [-0.4, -0.2) is 32.2 Å². The van der Waals surface area contributed by atoms with E-state index in [9.17, 15) is 4.79 Å². The van der Waals surface area contributed by atoms with E-state index < -0.39 is 0 Å². The van der Waals surface area contributed by atoms with Gasteiger partial charge in [0.25, 0.3) is 0 Å². The largest absolute Gasteiger partial charge is 0.380 e. The molecule has 1 atom stereocenters. The van der Waals surface area contributed by atoms with E-state index in [4.69, 9.17) is 16.3 Å². The summed E-state index contributed by atoms with van der Waals surface area (Å²) in [6, 6.07) is 7.13. The van der Waals surface area contributed by atoms with E-state index in [2.05, 4.69) is 10.6 Å². The van der Waals surface area contributed by atoms with Gasteiger partial charge >= 0.3 is 0 Å². The Kier molecular flexibility index (Phi) is 5.97. The molecule has 5 heteroatoms. The van der Waals surface area contributed by atoms with E-state index >= 15 is 0 Å². The predicted molar refractivity (Wildman–Crippen MR) is 69.4 cm³/mol. The maximum Gasteiger partial charge on any atom is 0.238 e. The summed E-state index contributed by atoms with van der Waals surface area (Å²) in [7, 11) is 1.64. The standard InChI is InChI=1S/C12H17ClN2O2/c1-9(17-2)7-14-8-12(16)15-11-6-4-3-5-10(11)13/h3-6,9,14H,7-8H2,1-2H3,(H,15,16). The number of halogens is 1. The third-order valence-corrected chi connectivity index (χ3v) is 2.60. The van der Waals surface area contributed by atoms with Gasteiger partial charge in [-0.1, -0.05) is 23.7 Å². The van der Waals surface area contributed by atoms with Gasteiger partial charge in [-0.25, -0.2) is 0 Å². The quantitative estimate of drug-likeness (QED) is 0.817. The van der Waals surface area contributed by atoms with Crippen LogP contribution in [0.3, 0.4) is 0 Å². The van der Waals surface area contributed by atoms with Crippen LogP contribution in [0.2, 0.25) is 5.02 Å². The fourth-order valence-electron chi connectivity index (χ4n) is 1.23. The molecule has 0 bridgehead atoms. The van der Waals surface area contributed by atoms with Gasteiger partial charge in [-0.2, -0.15) is 0 Å². The molecular weight excluding hydrogens is 240 g/mol. The molecule has 4 nitrogen and oxygen atoms in total. The molecule has 17 heavy (non-hydrogen) atoms. The highest BCUT2D eigenvalue weighted by atomic mass is 35.5. The number of carbonyl (C=O) groups excluding carboxylic acids is 1. The van der Waals surface area contributed by atoms with Gasteiger partial charge in [0.1, 0.15) is 0 Å². The molecule has 1 aromatic carbocycles. The summed E-state index contributed by atoms with van der Waals surface area (Å²) < 4.78 is 5.05. The summed E-state index contributed by atoms with van der Waals surface area (Å²) in [6.45, 7) is 2.80. The summed E-state index contributed by atoms with van der Waals surface area (Å²) in [6.07, 6.45) is 0.0862. The van der Waals surface area contributed by atoms with Crippen molar-refractivity contribution in [3.63, 3.8) is 0 Å². The van der Waals surface area contributed by atoms with Crippen molar-refractivity contribution in [3.05, 3.63) is 29.3 Å². The lowest BCUT2D eigenvalue weighted by Gasteiger charge is -2.11. The SMILES string of the molecule is COC(C)CNCC(=O)Nc1ccccc1Cl. The van der Waals surface area contributed by atoms with Gasteiger partial charge in [0.05, 0.1) is 23.4 Å². The van der Waals surface area contributed by atoms with Crippen LogP contribution in [0.4, 0.5) is 5.69 Å². The van der Waals surface area contributed by atoms with Crippen molar-refractivity contribution in [2.45, 2.75) is 13.0 Å². The van der Waals surface area contributed by atoms with Crippen LogP contribution in [0, 0.1) is 0 Å². The number of benzene rings is 1. The normalized spacial score (nSPS) is 12.2. The molecule has 94 valence electrons. The van der Waals surface area contributed by atoms with Gasteiger partial charge in [-0.05, 0) is 19.1 Å². The van der Waals surface area contributed by atoms with Crippen molar-refractivity contribution in [1.82, 2.24) is 5.32 Å². The number of hydrogen-bond donors (Lipinski definition) is 2. The molecule has 0 fully saturated rings. The monoisotopic (exact) mass is 256 g/mol. The Morgan fingerprint density at radius 3 is 2.82 bits per heavy atom. The van der Waals surface area contributed by atoms with Crippen molar-refractivity contribution in [2.24, 2.45) is 0 Å². The fourth-order valence-corrected chi connectivity index (χ4v) is 1.41. The van der Waals surface area contributed by atoms with Gasteiger partial charge in [0.2, 0.25) is 5.91 Å². The Labute approximate surface area is 106 Å². The van der Waals surface area contributed by atoms with Crippen LogP contribution >= 0.6 is 11.6 Å². The minimum Gasteiger partial charge on any atom is -0.380 e. The van der Waals surface area contributed by atoms with Crippen molar-refractivity contribution >= 4 is 23.2 Å². The molecule has 0 aromatic heterocycles. The number of hydrogen-bond acceptors (Lipinski definition) is 3. The highest BCUT2D eigenvalue weighted by molar-refractivity contribution is 6.33. The molecule has 1 aromatic rings. The topological polar surface area (TPSA) is 50.4 Å². The molecule has 0 aliphatic rings. The third kappa shape index (κ3) is 5.17. The molecule has 0 saturated carbocycles. The first kappa shape index (κ1) is 14.0. The highest BCUT2D eigenvalue weighted by Gasteiger charge is 2.05. The van der Waals surface area contributed by atoms with Crippen LogP contribution in [0.1, 0.15) is 6.92 Å². The van der Waals surface area contributed by atoms with Gasteiger partial charge < -0.3 is 15.4 Å². The second kappa shape index (κ2) is 7.27. The van der Waals surface area contributed by atoms with E-state index in [0.717, 1.165) is 0 Å². The van der Waals surface area contributed by atoms with Crippen LogP contribution < -0.4 is 10.6 Å². The number of amides is 1. The zero-order valence-corrected chi connectivity index (χ0v) is 10.8. The number of ether oxygens (including phenoxy) is 1. The molecule has 0 saturated heterocycles. The van der Waals surface area contributed by atoms with Gasteiger partial charge in [-0.15, -0.1) is 0 Å². The average molecular weight is 257 g/mol. The highest BCUT2D eigenvalue weighted by Crippen LogP contribution is 2.19. The Hall–Kier alpha value is -1.10. The van der Waals surface area contributed by atoms with Crippen LogP contribution in [0.25, 0.3) is 0 Å².